The van der Waals surface area contributed by atoms with Gasteiger partial charge in [0.1, 0.15) is 5.82 Å². The standard InChI is InChI=1S/C20H27FN4/c1-3-24-9-11-25(12-10-24)20-7-6-18(21)13-19(20)16(2)23-15-17-5-4-8-22-14-17/h4-8,13-14,16,23H,3,9-12,15H2,1-2H3/t16-/m0/s1. The van der Waals surface area contributed by atoms with Crippen LogP contribution in [0.3, 0.4) is 0 Å². The van der Waals surface area contributed by atoms with E-state index >= 15 is 0 Å². The number of hydrogen-bond acceptors (Lipinski definition) is 4. The molecule has 0 spiro atoms. The van der Waals surface area contributed by atoms with Crippen molar-refractivity contribution in [1.29, 1.82) is 0 Å². The Kier molecular flexibility index (Phi) is 6.00. The summed E-state index contributed by atoms with van der Waals surface area (Å²) < 4.78 is 13.9. The fourth-order valence-corrected chi connectivity index (χ4v) is 3.35. The number of benzene rings is 1. The van der Waals surface area contributed by atoms with Crippen molar-refractivity contribution in [2.24, 2.45) is 0 Å². The first-order valence-corrected chi connectivity index (χ1v) is 9.06. The van der Waals surface area contributed by atoms with Gasteiger partial charge in [0.05, 0.1) is 0 Å². The molecule has 2 aromatic rings. The van der Waals surface area contributed by atoms with Crippen LogP contribution in [0.25, 0.3) is 0 Å². The number of piperazine rings is 1. The Hall–Kier alpha value is -1.98. The fourth-order valence-electron chi connectivity index (χ4n) is 3.35. The van der Waals surface area contributed by atoms with Crippen molar-refractivity contribution >= 4 is 5.69 Å². The monoisotopic (exact) mass is 342 g/mol. The minimum atomic E-state index is -0.180. The van der Waals surface area contributed by atoms with E-state index in [1.54, 1.807) is 18.3 Å². The summed E-state index contributed by atoms with van der Waals surface area (Å²) >= 11 is 0. The quantitative estimate of drug-likeness (QED) is 0.873. The van der Waals surface area contributed by atoms with Crippen molar-refractivity contribution in [2.45, 2.75) is 26.4 Å². The topological polar surface area (TPSA) is 31.4 Å². The minimum Gasteiger partial charge on any atom is -0.369 e. The molecule has 0 aliphatic carbocycles. The molecule has 134 valence electrons. The molecule has 0 unspecified atom stereocenters. The van der Waals surface area contributed by atoms with Gasteiger partial charge in [0.25, 0.3) is 0 Å². The third-order valence-corrected chi connectivity index (χ3v) is 4.95. The number of hydrogen-bond donors (Lipinski definition) is 1. The first-order valence-electron chi connectivity index (χ1n) is 9.06. The highest BCUT2D eigenvalue weighted by Crippen LogP contribution is 2.28. The van der Waals surface area contributed by atoms with Crippen LogP contribution in [0.1, 0.15) is 31.0 Å². The van der Waals surface area contributed by atoms with Crippen LogP contribution in [0, 0.1) is 5.82 Å². The van der Waals surface area contributed by atoms with Gasteiger partial charge in [0.2, 0.25) is 0 Å². The zero-order valence-electron chi connectivity index (χ0n) is 15.1. The molecule has 5 heteroatoms. The van der Waals surface area contributed by atoms with Crippen molar-refractivity contribution in [2.75, 3.05) is 37.6 Å². The molecule has 3 rings (SSSR count). The van der Waals surface area contributed by atoms with E-state index in [-0.39, 0.29) is 11.9 Å². The summed E-state index contributed by atoms with van der Waals surface area (Å²) in [5.74, 6) is -0.180. The molecule has 0 radical (unpaired) electrons. The van der Waals surface area contributed by atoms with E-state index in [1.807, 2.05) is 24.4 Å². The van der Waals surface area contributed by atoms with Gasteiger partial charge in [-0.15, -0.1) is 0 Å². The van der Waals surface area contributed by atoms with Crippen molar-refractivity contribution in [3.8, 4) is 0 Å². The lowest BCUT2D eigenvalue weighted by atomic mass is 10.0. The number of nitrogens with one attached hydrogen (secondary N) is 1. The van der Waals surface area contributed by atoms with Gasteiger partial charge < -0.3 is 15.1 Å². The summed E-state index contributed by atoms with van der Waals surface area (Å²) in [4.78, 5) is 8.97. The molecule has 2 heterocycles. The van der Waals surface area contributed by atoms with Crippen LogP contribution < -0.4 is 10.2 Å². The molecule has 0 saturated carbocycles. The number of pyridine rings is 1. The zero-order valence-corrected chi connectivity index (χ0v) is 15.1. The molecule has 1 aliphatic rings. The average Bonchev–Trinajstić information content (AvgIpc) is 2.67. The van der Waals surface area contributed by atoms with E-state index in [2.05, 4.69) is 33.9 Å². The highest BCUT2D eigenvalue weighted by atomic mass is 19.1. The van der Waals surface area contributed by atoms with Crippen molar-refractivity contribution in [3.05, 3.63) is 59.7 Å². The summed E-state index contributed by atoms with van der Waals surface area (Å²) in [6.45, 7) is 10.2. The molecule has 1 aliphatic heterocycles. The van der Waals surface area contributed by atoms with Gasteiger partial charge in [-0.3, -0.25) is 4.98 Å². The van der Waals surface area contributed by atoms with E-state index in [9.17, 15) is 4.39 Å². The molecular formula is C20H27FN4. The molecule has 0 bridgehead atoms. The Morgan fingerprint density at radius 2 is 2.00 bits per heavy atom. The molecule has 4 nitrogen and oxygen atoms in total. The number of likely N-dealkylation sites (N-methyl/N-ethyl adjacent to an activating group) is 1. The van der Waals surface area contributed by atoms with E-state index in [1.165, 1.54) is 0 Å². The third kappa shape index (κ3) is 4.55. The van der Waals surface area contributed by atoms with E-state index in [0.717, 1.165) is 49.5 Å². The van der Waals surface area contributed by atoms with Gasteiger partial charge in [0.15, 0.2) is 0 Å². The predicted octanol–water partition coefficient (Wildman–Crippen LogP) is 3.21. The van der Waals surface area contributed by atoms with Gasteiger partial charge in [-0.2, -0.15) is 0 Å². The van der Waals surface area contributed by atoms with Crippen molar-refractivity contribution < 1.29 is 4.39 Å². The number of rotatable bonds is 6. The summed E-state index contributed by atoms with van der Waals surface area (Å²) in [6.07, 6.45) is 3.63. The lowest BCUT2D eigenvalue weighted by molar-refractivity contribution is 0.271. The highest BCUT2D eigenvalue weighted by molar-refractivity contribution is 5.55. The van der Waals surface area contributed by atoms with E-state index in [4.69, 9.17) is 0 Å². The Labute approximate surface area is 149 Å². The summed E-state index contributed by atoms with van der Waals surface area (Å²) in [5, 5.41) is 3.50. The number of aromatic nitrogens is 1. The molecule has 25 heavy (non-hydrogen) atoms. The maximum absolute atomic E-state index is 13.9. The zero-order chi connectivity index (χ0) is 17.6. The number of anilines is 1. The molecule has 1 fully saturated rings. The largest absolute Gasteiger partial charge is 0.369 e. The normalized spacial score (nSPS) is 16.8. The molecule has 1 atom stereocenters. The molecule has 1 aromatic carbocycles. The van der Waals surface area contributed by atoms with Gasteiger partial charge in [0, 0.05) is 56.8 Å². The molecule has 0 amide bonds. The van der Waals surface area contributed by atoms with Crippen LogP contribution >= 0.6 is 0 Å². The van der Waals surface area contributed by atoms with Crippen LogP contribution in [0.2, 0.25) is 0 Å². The van der Waals surface area contributed by atoms with Crippen LogP contribution in [0.5, 0.6) is 0 Å². The second-order valence-electron chi connectivity index (χ2n) is 6.59. The maximum Gasteiger partial charge on any atom is 0.123 e. The van der Waals surface area contributed by atoms with Crippen LogP contribution in [0.15, 0.2) is 42.7 Å². The van der Waals surface area contributed by atoms with Crippen LogP contribution in [-0.2, 0) is 6.54 Å². The van der Waals surface area contributed by atoms with Gasteiger partial charge in [-0.25, -0.2) is 4.39 Å². The lowest BCUT2D eigenvalue weighted by Crippen LogP contribution is -2.46. The SMILES string of the molecule is CCN1CCN(c2ccc(F)cc2[C@H](C)NCc2cccnc2)CC1. The van der Waals surface area contributed by atoms with Gasteiger partial charge in [-0.1, -0.05) is 13.0 Å². The Bertz CT molecular complexity index is 669. The predicted molar refractivity (Wildman–Crippen MR) is 100 cm³/mol. The smallest absolute Gasteiger partial charge is 0.123 e. The lowest BCUT2D eigenvalue weighted by Gasteiger charge is -2.37. The second-order valence-corrected chi connectivity index (χ2v) is 6.59. The van der Waals surface area contributed by atoms with Crippen molar-refractivity contribution in [3.63, 3.8) is 0 Å². The van der Waals surface area contributed by atoms with Crippen LogP contribution in [0.4, 0.5) is 10.1 Å². The number of halogens is 1. The number of nitrogens with zero attached hydrogens (tertiary/aromatic N) is 3. The first kappa shape index (κ1) is 17.8. The van der Waals surface area contributed by atoms with Gasteiger partial charge >= 0.3 is 0 Å². The van der Waals surface area contributed by atoms with E-state index in [0.29, 0.717) is 6.54 Å². The summed E-state index contributed by atoms with van der Waals surface area (Å²) in [7, 11) is 0. The Balaban J connectivity index is 1.72. The first-order chi connectivity index (χ1) is 12.2. The second kappa shape index (κ2) is 8.41. The Morgan fingerprint density at radius 3 is 2.68 bits per heavy atom. The van der Waals surface area contributed by atoms with E-state index < -0.39 is 0 Å². The van der Waals surface area contributed by atoms with Crippen LogP contribution in [-0.4, -0.2) is 42.6 Å². The maximum atomic E-state index is 13.9. The van der Waals surface area contributed by atoms with Crippen molar-refractivity contribution in [1.82, 2.24) is 15.2 Å². The molecule has 1 N–H and O–H groups in total. The average molecular weight is 342 g/mol. The summed E-state index contributed by atoms with van der Waals surface area (Å²) in [5.41, 5.74) is 3.29. The molecular weight excluding hydrogens is 315 g/mol. The van der Waals surface area contributed by atoms with Gasteiger partial charge in [-0.05, 0) is 48.9 Å². The molecule has 1 aromatic heterocycles. The minimum absolute atomic E-state index is 0.0649. The Morgan fingerprint density at radius 1 is 1.20 bits per heavy atom. The summed E-state index contributed by atoms with van der Waals surface area (Å²) in [6, 6.07) is 9.21. The fraction of sp³-hybridized carbons (Fsp3) is 0.450. The highest BCUT2D eigenvalue weighted by Gasteiger charge is 2.20. The molecule has 1 saturated heterocycles. The third-order valence-electron chi connectivity index (χ3n) is 4.95.